The SMILES string of the molecule is O=C(COC(=O)c1cccnc1Nc1ccccc1F)c1ccc2c(c1)OCCO2. The highest BCUT2D eigenvalue weighted by atomic mass is 19.1. The molecule has 7 nitrogen and oxygen atoms in total. The molecule has 2 heterocycles. The van der Waals surface area contributed by atoms with Crippen LogP contribution in [0.1, 0.15) is 20.7 Å². The van der Waals surface area contributed by atoms with Crippen LogP contribution < -0.4 is 14.8 Å². The van der Waals surface area contributed by atoms with Crippen molar-refractivity contribution in [2.24, 2.45) is 0 Å². The van der Waals surface area contributed by atoms with Crippen LogP contribution in [0.2, 0.25) is 0 Å². The van der Waals surface area contributed by atoms with Gasteiger partial charge >= 0.3 is 5.97 Å². The van der Waals surface area contributed by atoms with E-state index in [-0.39, 0.29) is 17.1 Å². The van der Waals surface area contributed by atoms with E-state index in [1.54, 1.807) is 36.4 Å². The Hall–Kier alpha value is -3.94. The molecule has 3 aromatic rings. The molecule has 0 saturated carbocycles. The van der Waals surface area contributed by atoms with Gasteiger partial charge in [-0.15, -0.1) is 0 Å². The van der Waals surface area contributed by atoms with Crippen LogP contribution in [0.15, 0.2) is 60.8 Å². The Labute approximate surface area is 171 Å². The molecule has 0 atom stereocenters. The Morgan fingerprint density at radius 3 is 2.67 bits per heavy atom. The van der Waals surface area contributed by atoms with Gasteiger partial charge in [0.05, 0.1) is 5.69 Å². The lowest BCUT2D eigenvalue weighted by Crippen LogP contribution is -2.18. The predicted octanol–water partition coefficient (Wildman–Crippen LogP) is 3.78. The lowest BCUT2D eigenvalue weighted by atomic mass is 10.1. The number of ether oxygens (including phenoxy) is 3. The Kier molecular flexibility index (Phi) is 5.56. The molecule has 1 aliphatic rings. The minimum Gasteiger partial charge on any atom is -0.486 e. The fourth-order valence-electron chi connectivity index (χ4n) is 2.87. The summed E-state index contributed by atoms with van der Waals surface area (Å²) in [5, 5.41) is 2.77. The number of Topliss-reactive ketones (excluding diaryl/α,β-unsaturated/α-hetero) is 1. The number of aromatic nitrogens is 1. The zero-order valence-electron chi connectivity index (χ0n) is 15.8. The highest BCUT2D eigenvalue weighted by Crippen LogP contribution is 2.31. The third-order valence-corrected chi connectivity index (χ3v) is 4.35. The Balaban J connectivity index is 1.44. The van der Waals surface area contributed by atoms with Gasteiger partial charge in [0.1, 0.15) is 30.4 Å². The first kappa shape index (κ1) is 19.4. The molecule has 152 valence electrons. The van der Waals surface area contributed by atoms with Gasteiger partial charge in [-0.05, 0) is 42.5 Å². The van der Waals surface area contributed by atoms with E-state index in [0.717, 1.165) is 0 Å². The molecule has 0 saturated heterocycles. The number of benzene rings is 2. The number of rotatable bonds is 6. The van der Waals surface area contributed by atoms with Crippen molar-refractivity contribution in [2.75, 3.05) is 25.1 Å². The minimum atomic E-state index is -0.757. The Morgan fingerprint density at radius 1 is 1.03 bits per heavy atom. The number of anilines is 2. The molecule has 0 unspecified atom stereocenters. The first-order chi connectivity index (χ1) is 14.6. The molecular formula is C22H17FN2O5. The van der Waals surface area contributed by atoms with E-state index in [4.69, 9.17) is 14.2 Å². The topological polar surface area (TPSA) is 86.8 Å². The van der Waals surface area contributed by atoms with Crippen LogP contribution in [0.5, 0.6) is 11.5 Å². The molecule has 0 radical (unpaired) electrons. The van der Waals surface area contributed by atoms with Crippen molar-refractivity contribution in [2.45, 2.75) is 0 Å². The number of ketones is 1. The van der Waals surface area contributed by atoms with Gasteiger partial charge in [-0.1, -0.05) is 12.1 Å². The van der Waals surface area contributed by atoms with Crippen LogP contribution in [0.4, 0.5) is 15.9 Å². The number of carbonyl (C=O) groups excluding carboxylic acids is 2. The highest BCUT2D eigenvalue weighted by Gasteiger charge is 2.19. The summed E-state index contributed by atoms with van der Waals surface area (Å²) >= 11 is 0. The lowest BCUT2D eigenvalue weighted by molar-refractivity contribution is 0.0475. The van der Waals surface area contributed by atoms with Crippen LogP contribution in [0.3, 0.4) is 0 Å². The summed E-state index contributed by atoms with van der Waals surface area (Å²) in [6.07, 6.45) is 1.46. The Bertz CT molecular complexity index is 1100. The number of esters is 1. The number of fused-ring (bicyclic) bond motifs is 1. The van der Waals surface area contributed by atoms with Crippen molar-refractivity contribution < 1.29 is 28.2 Å². The van der Waals surface area contributed by atoms with Crippen molar-refractivity contribution in [1.29, 1.82) is 0 Å². The van der Waals surface area contributed by atoms with Crippen molar-refractivity contribution >= 4 is 23.3 Å². The van der Waals surface area contributed by atoms with Gasteiger partial charge in [0.25, 0.3) is 0 Å². The maximum absolute atomic E-state index is 13.9. The predicted molar refractivity (Wildman–Crippen MR) is 106 cm³/mol. The van der Waals surface area contributed by atoms with Crippen LogP contribution >= 0.6 is 0 Å². The van der Waals surface area contributed by atoms with E-state index in [1.807, 2.05) is 0 Å². The minimum absolute atomic E-state index is 0.0794. The number of halogens is 1. The van der Waals surface area contributed by atoms with Gasteiger partial charge in [0.2, 0.25) is 0 Å². The molecule has 4 rings (SSSR count). The third-order valence-electron chi connectivity index (χ3n) is 4.35. The molecule has 1 N–H and O–H groups in total. The number of carbonyl (C=O) groups is 2. The number of para-hydroxylation sites is 1. The molecule has 2 aromatic carbocycles. The molecule has 0 spiro atoms. The zero-order valence-corrected chi connectivity index (χ0v) is 15.8. The van der Waals surface area contributed by atoms with Gasteiger partial charge < -0.3 is 19.5 Å². The molecule has 1 aliphatic heterocycles. The van der Waals surface area contributed by atoms with Crippen LogP contribution in [-0.2, 0) is 4.74 Å². The molecule has 1 aromatic heterocycles. The van der Waals surface area contributed by atoms with E-state index >= 15 is 0 Å². The second-order valence-electron chi connectivity index (χ2n) is 6.36. The normalized spacial score (nSPS) is 12.2. The van der Waals surface area contributed by atoms with Crippen LogP contribution in [0.25, 0.3) is 0 Å². The molecule has 0 fully saturated rings. The van der Waals surface area contributed by atoms with Crippen molar-refractivity contribution in [3.8, 4) is 11.5 Å². The fraction of sp³-hybridized carbons (Fsp3) is 0.136. The molecule has 30 heavy (non-hydrogen) atoms. The first-order valence-corrected chi connectivity index (χ1v) is 9.18. The van der Waals surface area contributed by atoms with E-state index < -0.39 is 24.2 Å². The van der Waals surface area contributed by atoms with Gasteiger partial charge in [0, 0.05) is 11.8 Å². The third kappa shape index (κ3) is 4.22. The molecule has 0 amide bonds. The smallest absolute Gasteiger partial charge is 0.342 e. The zero-order chi connectivity index (χ0) is 20.9. The van der Waals surface area contributed by atoms with Crippen LogP contribution in [-0.4, -0.2) is 36.6 Å². The summed E-state index contributed by atoms with van der Waals surface area (Å²) in [5.41, 5.74) is 0.580. The highest BCUT2D eigenvalue weighted by molar-refractivity contribution is 6.01. The van der Waals surface area contributed by atoms with Crippen molar-refractivity contribution in [3.05, 3.63) is 77.7 Å². The van der Waals surface area contributed by atoms with E-state index in [9.17, 15) is 14.0 Å². The average Bonchev–Trinajstić information content (AvgIpc) is 2.79. The maximum Gasteiger partial charge on any atom is 0.342 e. The second kappa shape index (κ2) is 8.60. The van der Waals surface area contributed by atoms with Gasteiger partial charge in [-0.25, -0.2) is 14.2 Å². The lowest BCUT2D eigenvalue weighted by Gasteiger charge is -2.18. The number of nitrogens with zero attached hydrogens (tertiary/aromatic N) is 1. The van der Waals surface area contributed by atoms with E-state index in [1.165, 1.54) is 24.4 Å². The van der Waals surface area contributed by atoms with Crippen LogP contribution in [0, 0.1) is 5.82 Å². The maximum atomic E-state index is 13.9. The number of nitrogens with one attached hydrogen (secondary N) is 1. The van der Waals surface area contributed by atoms with Gasteiger partial charge in [0.15, 0.2) is 23.9 Å². The van der Waals surface area contributed by atoms with E-state index in [2.05, 4.69) is 10.3 Å². The quantitative estimate of drug-likeness (QED) is 0.491. The largest absolute Gasteiger partial charge is 0.486 e. The molecule has 8 heteroatoms. The molecule has 0 bridgehead atoms. The Morgan fingerprint density at radius 2 is 1.83 bits per heavy atom. The van der Waals surface area contributed by atoms with Gasteiger partial charge in [-0.3, -0.25) is 4.79 Å². The summed E-state index contributed by atoms with van der Waals surface area (Å²) in [6, 6.07) is 13.8. The summed E-state index contributed by atoms with van der Waals surface area (Å²) in [4.78, 5) is 29.0. The standard InChI is InChI=1S/C22H17FN2O5/c23-16-5-1-2-6-17(16)25-21-15(4-3-9-24-21)22(27)30-13-18(26)14-7-8-19-20(12-14)29-11-10-28-19/h1-9,12H,10-11,13H2,(H,24,25). The summed E-state index contributed by atoms with van der Waals surface area (Å²) in [6.45, 7) is 0.386. The monoisotopic (exact) mass is 408 g/mol. The first-order valence-electron chi connectivity index (χ1n) is 9.18. The van der Waals surface area contributed by atoms with Crippen molar-refractivity contribution in [3.63, 3.8) is 0 Å². The van der Waals surface area contributed by atoms with Crippen molar-refractivity contribution in [1.82, 2.24) is 4.98 Å². The molecular weight excluding hydrogens is 391 g/mol. The molecule has 0 aliphatic carbocycles. The number of hydrogen-bond donors (Lipinski definition) is 1. The summed E-state index contributed by atoms with van der Waals surface area (Å²) in [5.74, 6) is -0.479. The number of pyridine rings is 1. The van der Waals surface area contributed by atoms with Gasteiger partial charge in [-0.2, -0.15) is 0 Å². The average molecular weight is 408 g/mol. The van der Waals surface area contributed by atoms with E-state index in [0.29, 0.717) is 30.3 Å². The second-order valence-corrected chi connectivity index (χ2v) is 6.36. The fourth-order valence-corrected chi connectivity index (χ4v) is 2.87. The number of hydrogen-bond acceptors (Lipinski definition) is 7. The summed E-state index contributed by atoms with van der Waals surface area (Å²) < 4.78 is 29.9. The summed E-state index contributed by atoms with van der Waals surface area (Å²) in [7, 11) is 0.